The number of nitrogens with one attached hydrogen (secondary N) is 2. The van der Waals surface area contributed by atoms with Gasteiger partial charge in [-0.2, -0.15) is 10.2 Å². The van der Waals surface area contributed by atoms with Gasteiger partial charge in [-0.3, -0.25) is 15.1 Å². The highest BCUT2D eigenvalue weighted by atomic mass is 35.5. The lowest BCUT2D eigenvalue weighted by atomic mass is 10.0. The van der Waals surface area contributed by atoms with E-state index in [1.165, 1.54) is 11.2 Å². The highest BCUT2D eigenvalue weighted by Crippen LogP contribution is 2.29. The van der Waals surface area contributed by atoms with Crippen LogP contribution >= 0.6 is 11.6 Å². The lowest BCUT2D eigenvalue weighted by Gasteiger charge is -2.43. The minimum atomic E-state index is -1.54. The van der Waals surface area contributed by atoms with Crippen molar-refractivity contribution in [1.82, 2.24) is 24.8 Å². The van der Waals surface area contributed by atoms with E-state index < -0.39 is 23.4 Å². The zero-order chi connectivity index (χ0) is 32.9. The van der Waals surface area contributed by atoms with E-state index in [1.807, 2.05) is 12.1 Å². The molecule has 0 unspecified atom stereocenters. The summed E-state index contributed by atoms with van der Waals surface area (Å²) in [5, 5.41) is 20.0. The molecular formula is C32H34ClFN10O3. The number of halogens is 2. The molecule has 3 saturated heterocycles. The Morgan fingerprint density at radius 3 is 2.55 bits per heavy atom. The Bertz CT molecular complexity index is 1690. The number of hydrogen-bond donors (Lipinski definition) is 3. The van der Waals surface area contributed by atoms with Crippen molar-refractivity contribution in [2.75, 3.05) is 62.7 Å². The quantitative estimate of drug-likeness (QED) is 0.228. The molecule has 47 heavy (non-hydrogen) atoms. The van der Waals surface area contributed by atoms with Crippen LogP contribution in [-0.2, 0) is 9.53 Å². The molecule has 2 atom stereocenters. The Hall–Kier alpha value is -4.84. The molecule has 3 aromatic rings. The fourth-order valence-electron chi connectivity index (χ4n) is 5.79. The minimum absolute atomic E-state index is 0.169. The standard InChI is InChI=1S/C32H34ClFN10O3/c33-29(37)25(15-36)31(45)44-8-7-28(26(34)16-44)47-27-6-1-20(13-21(27)14-35)30-38-19-39-32(41-30)40-22-2-4-23(5-3-22)42-9-11-43(12-10-42)24-17-46-18-24/h1-6,13,15,19,24,26,28,37H,7-12,16-18,36H2,(H,38,39,40,41)/t26-,28+/m1/s1. The summed E-state index contributed by atoms with van der Waals surface area (Å²) in [4.78, 5) is 31.7. The van der Waals surface area contributed by atoms with Crippen LogP contribution in [0.4, 0.5) is 21.7 Å². The van der Waals surface area contributed by atoms with Crippen molar-refractivity contribution < 1.29 is 18.7 Å². The molecule has 6 rings (SSSR count). The van der Waals surface area contributed by atoms with Crippen LogP contribution in [-0.4, -0.2) is 107 Å². The maximum absolute atomic E-state index is 15.1. The maximum Gasteiger partial charge on any atom is 0.258 e. The summed E-state index contributed by atoms with van der Waals surface area (Å²) < 4.78 is 26.3. The number of nitrogens with zero attached hydrogens (tertiary/aromatic N) is 7. The zero-order valence-electron chi connectivity index (χ0n) is 25.5. The van der Waals surface area contributed by atoms with Gasteiger partial charge in [0.15, 0.2) is 12.0 Å². The van der Waals surface area contributed by atoms with Gasteiger partial charge in [0.05, 0.1) is 36.9 Å². The average Bonchev–Trinajstić information content (AvgIpc) is 3.06. The second kappa shape index (κ2) is 14.3. The fourth-order valence-corrected chi connectivity index (χ4v) is 5.93. The Morgan fingerprint density at radius 2 is 1.91 bits per heavy atom. The van der Waals surface area contributed by atoms with Crippen LogP contribution < -0.4 is 20.7 Å². The summed E-state index contributed by atoms with van der Waals surface area (Å²) in [6, 6.07) is 15.6. The lowest BCUT2D eigenvalue weighted by Crippen LogP contribution is -2.56. The number of nitriles is 1. The first kappa shape index (κ1) is 32.1. The van der Waals surface area contributed by atoms with Gasteiger partial charge in [-0.05, 0) is 42.5 Å². The highest BCUT2D eigenvalue weighted by Gasteiger charge is 2.35. The SMILES string of the molecule is N#Cc1cc(-c2ncnc(Nc3ccc(N4CCN(C5COC5)CC4)cc3)n2)ccc1O[C@H]1CCN(C(=O)C(=CN)C(=N)Cl)C[C@H]1F. The number of carbonyl (C=O) groups is 1. The van der Waals surface area contributed by atoms with Gasteiger partial charge in [0, 0.05) is 62.3 Å². The third-order valence-electron chi connectivity index (χ3n) is 8.55. The molecule has 3 fully saturated rings. The van der Waals surface area contributed by atoms with E-state index in [0.29, 0.717) is 23.4 Å². The Labute approximate surface area is 276 Å². The summed E-state index contributed by atoms with van der Waals surface area (Å²) in [6.45, 7) is 5.58. The predicted molar refractivity (Wildman–Crippen MR) is 174 cm³/mol. The van der Waals surface area contributed by atoms with E-state index in [4.69, 9.17) is 32.2 Å². The second-order valence-corrected chi connectivity index (χ2v) is 11.8. The number of amides is 1. The van der Waals surface area contributed by atoms with Crippen molar-refractivity contribution >= 4 is 40.0 Å². The molecular weight excluding hydrogens is 627 g/mol. The first-order chi connectivity index (χ1) is 22.8. The van der Waals surface area contributed by atoms with E-state index in [0.717, 1.165) is 57.0 Å². The molecule has 3 aliphatic heterocycles. The zero-order valence-corrected chi connectivity index (χ0v) is 26.2. The van der Waals surface area contributed by atoms with Gasteiger partial charge in [0.25, 0.3) is 5.91 Å². The van der Waals surface area contributed by atoms with Gasteiger partial charge in [0.2, 0.25) is 5.95 Å². The molecule has 1 amide bonds. The van der Waals surface area contributed by atoms with Gasteiger partial charge in [-0.25, -0.2) is 14.4 Å². The van der Waals surface area contributed by atoms with Gasteiger partial charge in [-0.1, -0.05) is 11.6 Å². The molecule has 244 valence electrons. The van der Waals surface area contributed by atoms with E-state index in [-0.39, 0.29) is 36.4 Å². The summed E-state index contributed by atoms with van der Waals surface area (Å²) in [5.74, 6) is 0.278. The van der Waals surface area contributed by atoms with Crippen molar-refractivity contribution in [2.24, 2.45) is 5.73 Å². The number of hydrogen-bond acceptors (Lipinski definition) is 12. The first-order valence-electron chi connectivity index (χ1n) is 15.3. The van der Waals surface area contributed by atoms with Crippen LogP contribution in [0.15, 0.2) is 60.6 Å². The summed E-state index contributed by atoms with van der Waals surface area (Å²) >= 11 is 5.63. The molecule has 13 nitrogen and oxygen atoms in total. The number of benzene rings is 2. The molecule has 1 aromatic heterocycles. The van der Waals surface area contributed by atoms with Crippen molar-refractivity contribution in [1.29, 1.82) is 10.7 Å². The van der Waals surface area contributed by atoms with Crippen molar-refractivity contribution in [3.63, 3.8) is 0 Å². The highest BCUT2D eigenvalue weighted by molar-refractivity contribution is 6.71. The van der Waals surface area contributed by atoms with Crippen LogP contribution in [0.1, 0.15) is 12.0 Å². The number of alkyl halides is 1. The monoisotopic (exact) mass is 660 g/mol. The number of piperidine rings is 1. The molecule has 2 aromatic carbocycles. The minimum Gasteiger partial charge on any atom is -0.486 e. The van der Waals surface area contributed by atoms with Gasteiger partial charge in [-0.15, -0.1) is 0 Å². The van der Waals surface area contributed by atoms with Gasteiger partial charge in [0.1, 0.15) is 29.4 Å². The van der Waals surface area contributed by atoms with Gasteiger partial charge >= 0.3 is 0 Å². The number of aromatic nitrogens is 3. The molecule has 4 heterocycles. The molecule has 3 aliphatic rings. The van der Waals surface area contributed by atoms with Crippen molar-refractivity contribution in [3.8, 4) is 23.2 Å². The molecule has 0 radical (unpaired) electrons. The molecule has 0 saturated carbocycles. The first-order valence-corrected chi connectivity index (χ1v) is 15.6. The third kappa shape index (κ3) is 7.27. The molecule has 0 aliphatic carbocycles. The summed E-state index contributed by atoms with van der Waals surface area (Å²) in [5.41, 5.74) is 7.94. The second-order valence-electron chi connectivity index (χ2n) is 11.4. The number of carbonyl (C=O) groups excluding carboxylic acids is 1. The average molecular weight is 661 g/mol. The number of nitrogens with two attached hydrogens (primary N) is 1. The van der Waals surface area contributed by atoms with E-state index >= 15 is 4.39 Å². The third-order valence-corrected chi connectivity index (χ3v) is 8.75. The number of likely N-dealkylation sites (tertiary alicyclic amines) is 1. The topological polar surface area (TPSA) is 170 Å². The van der Waals surface area contributed by atoms with Crippen molar-refractivity contribution in [2.45, 2.75) is 24.7 Å². The summed E-state index contributed by atoms with van der Waals surface area (Å²) in [6.07, 6.45) is 0.0772. The Balaban J connectivity index is 1.07. The molecule has 0 spiro atoms. The predicted octanol–water partition coefficient (Wildman–Crippen LogP) is 3.05. The van der Waals surface area contributed by atoms with E-state index in [2.05, 4.69) is 48.3 Å². The normalized spacial score (nSPS) is 20.7. The van der Waals surface area contributed by atoms with Crippen LogP contribution in [0, 0.1) is 16.7 Å². The number of ether oxygens (including phenoxy) is 2. The molecule has 15 heteroatoms. The van der Waals surface area contributed by atoms with E-state index in [9.17, 15) is 10.1 Å². The van der Waals surface area contributed by atoms with Crippen molar-refractivity contribution in [3.05, 3.63) is 66.1 Å². The number of rotatable bonds is 9. The summed E-state index contributed by atoms with van der Waals surface area (Å²) in [7, 11) is 0. The van der Waals surface area contributed by atoms with Crippen LogP contribution in [0.2, 0.25) is 0 Å². The maximum atomic E-state index is 15.1. The molecule has 0 bridgehead atoms. The van der Waals surface area contributed by atoms with Crippen LogP contribution in [0.5, 0.6) is 5.75 Å². The number of anilines is 3. The smallest absolute Gasteiger partial charge is 0.258 e. The van der Waals surface area contributed by atoms with Crippen LogP contribution in [0.25, 0.3) is 11.4 Å². The molecule has 4 N–H and O–H groups in total. The lowest BCUT2D eigenvalue weighted by molar-refractivity contribution is -0.130. The van der Waals surface area contributed by atoms with Gasteiger partial charge < -0.3 is 30.3 Å². The fraction of sp³-hybridized carbons (Fsp3) is 0.375. The Kier molecular flexibility index (Phi) is 9.76. The largest absolute Gasteiger partial charge is 0.486 e. The number of piperazine rings is 1. The van der Waals surface area contributed by atoms with Crippen LogP contribution in [0.3, 0.4) is 0 Å². The van der Waals surface area contributed by atoms with E-state index in [1.54, 1.807) is 18.2 Å². The Morgan fingerprint density at radius 1 is 1.15 bits per heavy atom.